The minimum Gasteiger partial charge on any atom is -0.432 e. The molecule has 0 saturated heterocycles. The van der Waals surface area contributed by atoms with E-state index in [-0.39, 0.29) is 11.4 Å². The van der Waals surface area contributed by atoms with Crippen LogP contribution >= 0.6 is 0 Å². The molecule has 0 fully saturated rings. The van der Waals surface area contributed by atoms with Crippen LogP contribution in [0.15, 0.2) is 24.3 Å². The van der Waals surface area contributed by atoms with Crippen LogP contribution in [-0.4, -0.2) is 19.4 Å². The quantitative estimate of drug-likeness (QED) is 0.560. The van der Waals surface area contributed by atoms with Crippen LogP contribution in [0.3, 0.4) is 0 Å². The lowest BCUT2D eigenvalue weighted by atomic mass is 9.92. The SMILES string of the molecule is CCC(C)c1ccc(C(=O)OC(CC(C)(C)C)OC)cc1. The standard InChI is InChI=1S/C18H28O3/c1-7-13(2)14-8-10-15(11-9-14)17(19)21-16(20-6)12-18(3,4)5/h8-11,13,16H,7,12H2,1-6H3. The van der Waals surface area contributed by atoms with Crippen molar-refractivity contribution in [3.05, 3.63) is 35.4 Å². The van der Waals surface area contributed by atoms with Gasteiger partial charge in [-0.05, 0) is 35.4 Å². The summed E-state index contributed by atoms with van der Waals surface area (Å²) in [5.74, 6) is 0.171. The van der Waals surface area contributed by atoms with Gasteiger partial charge in [-0.25, -0.2) is 4.79 Å². The van der Waals surface area contributed by atoms with Crippen molar-refractivity contribution in [1.29, 1.82) is 0 Å². The van der Waals surface area contributed by atoms with Crippen LogP contribution < -0.4 is 0 Å². The highest BCUT2D eigenvalue weighted by atomic mass is 16.7. The van der Waals surface area contributed by atoms with Gasteiger partial charge in [-0.3, -0.25) is 0 Å². The molecular formula is C18H28O3. The molecule has 0 N–H and O–H groups in total. The molecule has 0 aliphatic rings. The van der Waals surface area contributed by atoms with Crippen LogP contribution in [-0.2, 0) is 9.47 Å². The summed E-state index contributed by atoms with van der Waals surface area (Å²) in [6.45, 7) is 10.6. The van der Waals surface area contributed by atoms with E-state index < -0.39 is 6.29 Å². The molecule has 0 spiro atoms. The fourth-order valence-electron chi connectivity index (χ4n) is 2.04. The summed E-state index contributed by atoms with van der Waals surface area (Å²) in [6.07, 6.45) is 1.24. The summed E-state index contributed by atoms with van der Waals surface area (Å²) < 4.78 is 10.7. The van der Waals surface area contributed by atoms with Gasteiger partial charge < -0.3 is 9.47 Å². The highest BCUT2D eigenvalue weighted by Gasteiger charge is 2.22. The van der Waals surface area contributed by atoms with Gasteiger partial charge in [0.05, 0.1) is 5.56 Å². The molecule has 0 saturated carbocycles. The average Bonchev–Trinajstić information content (AvgIpc) is 2.44. The van der Waals surface area contributed by atoms with Crippen LogP contribution in [0.1, 0.15) is 69.3 Å². The topological polar surface area (TPSA) is 35.5 Å². The van der Waals surface area contributed by atoms with E-state index in [0.29, 0.717) is 17.9 Å². The van der Waals surface area contributed by atoms with Gasteiger partial charge >= 0.3 is 5.97 Å². The molecule has 2 unspecified atom stereocenters. The number of methoxy groups -OCH3 is 1. The zero-order chi connectivity index (χ0) is 16.0. The third-order valence-corrected chi connectivity index (χ3v) is 3.61. The Labute approximate surface area is 128 Å². The molecule has 118 valence electrons. The monoisotopic (exact) mass is 292 g/mol. The zero-order valence-electron chi connectivity index (χ0n) is 14.1. The predicted octanol–water partition coefficient (Wildman–Crippen LogP) is 4.77. The van der Waals surface area contributed by atoms with E-state index in [4.69, 9.17) is 9.47 Å². The second-order valence-electron chi connectivity index (χ2n) is 6.77. The van der Waals surface area contributed by atoms with Crippen LogP contribution in [0.4, 0.5) is 0 Å². The number of rotatable bonds is 6. The molecule has 21 heavy (non-hydrogen) atoms. The first kappa shape index (κ1) is 17.7. The number of carbonyl (C=O) groups is 1. The van der Waals surface area contributed by atoms with Crippen LogP contribution in [0.25, 0.3) is 0 Å². The van der Waals surface area contributed by atoms with Crippen molar-refractivity contribution in [3.8, 4) is 0 Å². The molecule has 0 aromatic heterocycles. The lowest BCUT2D eigenvalue weighted by Gasteiger charge is -2.24. The number of esters is 1. The highest BCUT2D eigenvalue weighted by molar-refractivity contribution is 5.89. The lowest BCUT2D eigenvalue weighted by molar-refractivity contribution is -0.107. The van der Waals surface area contributed by atoms with Crippen LogP contribution in [0, 0.1) is 5.41 Å². The molecular weight excluding hydrogens is 264 g/mol. The summed E-state index contributed by atoms with van der Waals surface area (Å²) in [6, 6.07) is 7.65. The number of carbonyl (C=O) groups excluding carboxylic acids is 1. The first-order valence-electron chi connectivity index (χ1n) is 7.60. The first-order chi connectivity index (χ1) is 9.76. The van der Waals surface area contributed by atoms with Gasteiger partial charge in [0.25, 0.3) is 0 Å². The predicted molar refractivity (Wildman–Crippen MR) is 85.4 cm³/mol. The molecule has 1 aromatic rings. The smallest absolute Gasteiger partial charge is 0.340 e. The fourth-order valence-corrected chi connectivity index (χ4v) is 2.04. The molecule has 1 aromatic carbocycles. The molecule has 3 nitrogen and oxygen atoms in total. The minimum absolute atomic E-state index is 0.0430. The van der Waals surface area contributed by atoms with Crippen molar-refractivity contribution in [1.82, 2.24) is 0 Å². The second kappa shape index (κ2) is 7.60. The van der Waals surface area contributed by atoms with Crippen LogP contribution in [0.2, 0.25) is 0 Å². The molecule has 3 heteroatoms. The molecule has 0 heterocycles. The maximum atomic E-state index is 12.1. The summed E-state index contributed by atoms with van der Waals surface area (Å²) in [7, 11) is 1.57. The maximum absolute atomic E-state index is 12.1. The molecule has 0 aliphatic carbocycles. The number of benzene rings is 1. The summed E-state index contributed by atoms with van der Waals surface area (Å²) in [5, 5.41) is 0. The third kappa shape index (κ3) is 5.88. The molecule has 1 rings (SSSR count). The zero-order valence-corrected chi connectivity index (χ0v) is 14.1. The van der Waals surface area contributed by atoms with Crippen molar-refractivity contribution < 1.29 is 14.3 Å². The molecule has 2 atom stereocenters. The summed E-state index contributed by atoms with van der Waals surface area (Å²) in [5.41, 5.74) is 1.85. The van der Waals surface area contributed by atoms with Crippen molar-refractivity contribution in [3.63, 3.8) is 0 Å². The van der Waals surface area contributed by atoms with E-state index >= 15 is 0 Å². The Morgan fingerprint density at radius 2 is 1.76 bits per heavy atom. The maximum Gasteiger partial charge on any atom is 0.340 e. The summed E-state index contributed by atoms with van der Waals surface area (Å²) >= 11 is 0. The Morgan fingerprint density at radius 1 is 1.19 bits per heavy atom. The molecule has 0 radical (unpaired) electrons. The van der Waals surface area contributed by atoms with E-state index in [2.05, 4.69) is 34.6 Å². The Hall–Kier alpha value is -1.35. The van der Waals surface area contributed by atoms with Gasteiger partial charge in [-0.15, -0.1) is 0 Å². The van der Waals surface area contributed by atoms with Gasteiger partial charge in [0.1, 0.15) is 0 Å². The van der Waals surface area contributed by atoms with E-state index in [9.17, 15) is 4.79 Å². The average molecular weight is 292 g/mol. The van der Waals surface area contributed by atoms with Gasteiger partial charge in [0, 0.05) is 13.5 Å². The Bertz CT molecular complexity index is 443. The fraction of sp³-hybridized carbons (Fsp3) is 0.611. The van der Waals surface area contributed by atoms with Gasteiger partial charge in [-0.2, -0.15) is 0 Å². The minimum atomic E-state index is -0.508. The summed E-state index contributed by atoms with van der Waals surface area (Å²) in [4.78, 5) is 12.1. The van der Waals surface area contributed by atoms with Gasteiger partial charge in [0.15, 0.2) is 0 Å². The van der Waals surface area contributed by atoms with E-state index in [1.807, 2.05) is 24.3 Å². The normalized spacial score (nSPS) is 14.6. The second-order valence-corrected chi connectivity index (χ2v) is 6.77. The third-order valence-electron chi connectivity index (χ3n) is 3.61. The van der Waals surface area contributed by atoms with E-state index in [1.54, 1.807) is 7.11 Å². The van der Waals surface area contributed by atoms with Crippen molar-refractivity contribution in [2.75, 3.05) is 7.11 Å². The Morgan fingerprint density at radius 3 is 2.19 bits per heavy atom. The lowest BCUT2D eigenvalue weighted by Crippen LogP contribution is -2.25. The van der Waals surface area contributed by atoms with E-state index in [1.165, 1.54) is 5.56 Å². The van der Waals surface area contributed by atoms with Gasteiger partial charge in [-0.1, -0.05) is 46.8 Å². The number of ether oxygens (including phenoxy) is 2. The molecule has 0 bridgehead atoms. The van der Waals surface area contributed by atoms with Crippen molar-refractivity contribution in [2.24, 2.45) is 5.41 Å². The first-order valence-corrected chi connectivity index (χ1v) is 7.60. The number of hydrogen-bond donors (Lipinski definition) is 0. The molecule has 0 aliphatic heterocycles. The van der Waals surface area contributed by atoms with Crippen molar-refractivity contribution in [2.45, 2.75) is 59.7 Å². The van der Waals surface area contributed by atoms with Crippen molar-refractivity contribution >= 4 is 5.97 Å². The Balaban J connectivity index is 2.70. The Kier molecular flexibility index (Phi) is 6.41. The number of hydrogen-bond acceptors (Lipinski definition) is 3. The molecule has 0 amide bonds. The van der Waals surface area contributed by atoms with E-state index in [0.717, 1.165) is 6.42 Å². The largest absolute Gasteiger partial charge is 0.432 e. The van der Waals surface area contributed by atoms with Gasteiger partial charge in [0.2, 0.25) is 6.29 Å². The van der Waals surface area contributed by atoms with Crippen LogP contribution in [0.5, 0.6) is 0 Å². The highest BCUT2D eigenvalue weighted by Crippen LogP contribution is 2.24.